The zero-order valence-corrected chi connectivity index (χ0v) is 13.2. The van der Waals surface area contributed by atoms with Crippen LogP contribution >= 0.6 is 0 Å². The van der Waals surface area contributed by atoms with Crippen LogP contribution in [0.5, 0.6) is 5.75 Å². The Hall–Kier alpha value is -1.02. The summed E-state index contributed by atoms with van der Waals surface area (Å²) in [5.41, 5.74) is 3.50. The fraction of sp³-hybridized carbons (Fsp3) is 0.684. The number of hydrogen-bond donors (Lipinski definition) is 1. The van der Waals surface area contributed by atoms with Crippen molar-refractivity contribution in [2.45, 2.75) is 69.9 Å². The van der Waals surface area contributed by atoms with Crippen molar-refractivity contribution >= 4 is 0 Å². The van der Waals surface area contributed by atoms with Crippen LogP contribution in [-0.4, -0.2) is 19.2 Å². The van der Waals surface area contributed by atoms with Gasteiger partial charge in [-0.25, -0.2) is 0 Å². The van der Waals surface area contributed by atoms with E-state index in [9.17, 15) is 0 Å². The van der Waals surface area contributed by atoms with Gasteiger partial charge < -0.3 is 10.1 Å². The first-order valence-electron chi connectivity index (χ1n) is 8.77. The zero-order valence-electron chi connectivity index (χ0n) is 13.2. The van der Waals surface area contributed by atoms with Gasteiger partial charge in [-0.15, -0.1) is 0 Å². The molecular weight excluding hydrogens is 258 g/mol. The van der Waals surface area contributed by atoms with Crippen LogP contribution in [0, 0.1) is 5.41 Å². The highest BCUT2D eigenvalue weighted by molar-refractivity contribution is 5.37. The molecule has 1 spiro atoms. The van der Waals surface area contributed by atoms with Crippen LogP contribution in [0.25, 0.3) is 0 Å². The van der Waals surface area contributed by atoms with E-state index in [1.165, 1.54) is 63.4 Å². The number of hydrogen-bond acceptors (Lipinski definition) is 2. The van der Waals surface area contributed by atoms with Gasteiger partial charge in [0.1, 0.15) is 11.9 Å². The third-order valence-corrected chi connectivity index (χ3v) is 6.27. The van der Waals surface area contributed by atoms with Crippen molar-refractivity contribution in [3.63, 3.8) is 0 Å². The van der Waals surface area contributed by atoms with Gasteiger partial charge >= 0.3 is 0 Å². The molecule has 1 aromatic carbocycles. The molecule has 114 valence electrons. The highest BCUT2D eigenvalue weighted by Crippen LogP contribution is 2.54. The molecule has 2 heteroatoms. The average molecular weight is 285 g/mol. The highest BCUT2D eigenvalue weighted by atomic mass is 16.5. The second-order valence-corrected chi connectivity index (χ2v) is 7.26. The lowest BCUT2D eigenvalue weighted by molar-refractivity contribution is -0.0736. The summed E-state index contributed by atoms with van der Waals surface area (Å²) in [5, 5.41) is 3.52. The minimum absolute atomic E-state index is 0.421. The molecule has 3 aliphatic rings. The molecule has 2 unspecified atom stereocenters. The predicted octanol–water partition coefficient (Wildman–Crippen LogP) is 3.86. The summed E-state index contributed by atoms with van der Waals surface area (Å²) < 4.78 is 6.45. The lowest BCUT2D eigenvalue weighted by Crippen LogP contribution is -2.63. The quantitative estimate of drug-likeness (QED) is 0.910. The fourth-order valence-corrected chi connectivity index (χ4v) is 4.97. The Morgan fingerprint density at radius 1 is 1.05 bits per heavy atom. The van der Waals surface area contributed by atoms with Crippen LogP contribution in [-0.2, 0) is 12.8 Å². The number of benzene rings is 1. The first-order chi connectivity index (χ1) is 10.3. The monoisotopic (exact) mass is 285 g/mol. The summed E-state index contributed by atoms with van der Waals surface area (Å²) in [6.07, 6.45) is 12.2. The minimum Gasteiger partial charge on any atom is -0.490 e. The molecule has 3 aliphatic carbocycles. The van der Waals surface area contributed by atoms with E-state index in [-0.39, 0.29) is 0 Å². The van der Waals surface area contributed by atoms with Crippen LogP contribution in [0.3, 0.4) is 0 Å². The van der Waals surface area contributed by atoms with Crippen molar-refractivity contribution in [3.8, 4) is 5.75 Å². The predicted molar refractivity (Wildman–Crippen MR) is 85.9 cm³/mol. The summed E-state index contributed by atoms with van der Waals surface area (Å²) >= 11 is 0. The second-order valence-electron chi connectivity index (χ2n) is 7.26. The molecule has 2 fully saturated rings. The Morgan fingerprint density at radius 2 is 1.81 bits per heavy atom. The van der Waals surface area contributed by atoms with E-state index in [0.717, 1.165) is 5.75 Å². The molecule has 2 saturated carbocycles. The minimum atomic E-state index is 0.421. The largest absolute Gasteiger partial charge is 0.490 e. The van der Waals surface area contributed by atoms with E-state index in [1.54, 1.807) is 5.56 Å². The van der Waals surface area contributed by atoms with Gasteiger partial charge in [0, 0.05) is 17.9 Å². The maximum atomic E-state index is 6.45. The van der Waals surface area contributed by atoms with Crippen LogP contribution in [0.15, 0.2) is 18.2 Å². The number of rotatable bonds is 3. The van der Waals surface area contributed by atoms with Crippen molar-refractivity contribution in [3.05, 3.63) is 29.3 Å². The smallest absolute Gasteiger partial charge is 0.120 e. The molecule has 2 atom stereocenters. The van der Waals surface area contributed by atoms with Gasteiger partial charge in [0.2, 0.25) is 0 Å². The van der Waals surface area contributed by atoms with Crippen LogP contribution in [0.2, 0.25) is 0 Å². The maximum absolute atomic E-state index is 6.45. The van der Waals surface area contributed by atoms with Gasteiger partial charge in [-0.1, -0.05) is 18.9 Å². The molecule has 0 aliphatic heterocycles. The van der Waals surface area contributed by atoms with Crippen LogP contribution < -0.4 is 10.1 Å². The number of aryl methyl sites for hydroxylation is 2. The van der Waals surface area contributed by atoms with Gasteiger partial charge in [0.05, 0.1) is 0 Å². The summed E-state index contributed by atoms with van der Waals surface area (Å²) in [7, 11) is 2.11. The van der Waals surface area contributed by atoms with Crippen molar-refractivity contribution in [2.24, 2.45) is 5.41 Å². The molecule has 0 radical (unpaired) electrons. The molecule has 4 rings (SSSR count). The Labute approximate surface area is 128 Å². The van der Waals surface area contributed by atoms with E-state index in [1.807, 2.05) is 0 Å². The van der Waals surface area contributed by atoms with E-state index in [4.69, 9.17) is 4.74 Å². The Kier molecular flexibility index (Phi) is 3.45. The standard InChI is InChI=1S/C19H27NO/c1-20-17-13-18(19(17)10-4-5-11-19)21-16-9-8-14-6-2-3-7-15(14)12-16/h8-9,12,17-18,20H,2-7,10-11,13H2,1H3. The average Bonchev–Trinajstić information content (AvgIpc) is 3.03. The molecule has 0 aromatic heterocycles. The second kappa shape index (κ2) is 5.31. The van der Waals surface area contributed by atoms with Crippen molar-refractivity contribution in [1.82, 2.24) is 5.32 Å². The number of fused-ring (bicyclic) bond motifs is 1. The summed E-state index contributed by atoms with van der Waals surface area (Å²) in [6, 6.07) is 7.51. The fourth-order valence-electron chi connectivity index (χ4n) is 4.97. The Balaban J connectivity index is 1.51. The van der Waals surface area contributed by atoms with Crippen LogP contribution in [0.4, 0.5) is 0 Å². The van der Waals surface area contributed by atoms with Gasteiger partial charge in [0.25, 0.3) is 0 Å². The van der Waals surface area contributed by atoms with Gasteiger partial charge in [-0.05, 0) is 68.8 Å². The van der Waals surface area contributed by atoms with Crippen molar-refractivity contribution in [2.75, 3.05) is 7.05 Å². The molecule has 0 saturated heterocycles. The lowest BCUT2D eigenvalue weighted by atomic mass is 9.60. The summed E-state index contributed by atoms with van der Waals surface area (Å²) in [6.45, 7) is 0. The van der Waals surface area contributed by atoms with Gasteiger partial charge in [-0.3, -0.25) is 0 Å². The van der Waals surface area contributed by atoms with E-state index in [0.29, 0.717) is 17.6 Å². The Bertz CT molecular complexity index is 518. The third-order valence-electron chi connectivity index (χ3n) is 6.27. The van der Waals surface area contributed by atoms with E-state index >= 15 is 0 Å². The zero-order chi connectivity index (χ0) is 14.3. The molecular formula is C19H27NO. The van der Waals surface area contributed by atoms with E-state index < -0.39 is 0 Å². The molecule has 21 heavy (non-hydrogen) atoms. The molecule has 1 N–H and O–H groups in total. The first kappa shape index (κ1) is 13.6. The number of ether oxygens (including phenoxy) is 1. The number of nitrogens with one attached hydrogen (secondary N) is 1. The SMILES string of the molecule is CNC1CC(Oc2ccc3c(c2)CCCC3)C12CCCC2. The van der Waals surface area contributed by atoms with Crippen molar-refractivity contribution in [1.29, 1.82) is 0 Å². The van der Waals surface area contributed by atoms with Crippen LogP contribution in [0.1, 0.15) is 56.1 Å². The molecule has 0 heterocycles. The topological polar surface area (TPSA) is 21.3 Å². The van der Waals surface area contributed by atoms with Gasteiger partial charge in [0.15, 0.2) is 0 Å². The highest BCUT2D eigenvalue weighted by Gasteiger charge is 2.57. The molecule has 0 bridgehead atoms. The lowest BCUT2D eigenvalue weighted by Gasteiger charge is -2.53. The maximum Gasteiger partial charge on any atom is 0.120 e. The summed E-state index contributed by atoms with van der Waals surface area (Å²) in [5.74, 6) is 1.11. The third kappa shape index (κ3) is 2.19. The first-order valence-corrected chi connectivity index (χ1v) is 8.77. The molecule has 0 amide bonds. The van der Waals surface area contributed by atoms with Crippen molar-refractivity contribution < 1.29 is 4.74 Å². The Morgan fingerprint density at radius 3 is 2.57 bits per heavy atom. The van der Waals surface area contributed by atoms with Gasteiger partial charge in [-0.2, -0.15) is 0 Å². The normalized spacial score (nSPS) is 30.0. The molecule has 1 aromatic rings. The van der Waals surface area contributed by atoms with E-state index in [2.05, 4.69) is 30.6 Å². The molecule has 2 nitrogen and oxygen atoms in total. The summed E-state index contributed by atoms with van der Waals surface area (Å²) in [4.78, 5) is 0.